The molecule has 0 aliphatic rings. The molecule has 1 aromatic heterocycles. The Morgan fingerprint density at radius 3 is 2.69 bits per heavy atom. The van der Waals surface area contributed by atoms with E-state index in [-0.39, 0.29) is 37.4 Å². The van der Waals surface area contributed by atoms with Crippen molar-refractivity contribution in [1.29, 1.82) is 0 Å². The number of anilines is 1. The quantitative estimate of drug-likeness (QED) is 0.240. The summed E-state index contributed by atoms with van der Waals surface area (Å²) in [5.74, 6) is 4.99. The van der Waals surface area contributed by atoms with Crippen molar-refractivity contribution in [3.8, 4) is 23.0 Å². The number of hydrogen-bond acceptors (Lipinski definition) is 6. The molecule has 0 unspecified atom stereocenters. The monoisotopic (exact) mass is 458 g/mol. The average Bonchev–Trinajstić information content (AvgIpc) is 2.83. The van der Waals surface area contributed by atoms with Gasteiger partial charge >= 0.3 is 5.97 Å². The topological polar surface area (TPSA) is 86.8 Å². The molecule has 170 valence electrons. The van der Waals surface area contributed by atoms with Gasteiger partial charge in [0.2, 0.25) is 5.91 Å². The number of aromatic nitrogens is 1. The maximum atomic E-state index is 11.9. The average molecular weight is 459 g/mol. The van der Waals surface area contributed by atoms with E-state index in [0.29, 0.717) is 24.6 Å². The third-order valence-corrected chi connectivity index (χ3v) is 4.63. The summed E-state index contributed by atoms with van der Waals surface area (Å²) < 4.78 is 15.2. The first kappa shape index (κ1) is 25.3. The van der Waals surface area contributed by atoms with E-state index < -0.39 is 0 Å². The molecule has 1 heterocycles. The first-order valence-electron chi connectivity index (χ1n) is 10.2. The molecule has 2 rings (SSSR count). The molecule has 0 bridgehead atoms. The van der Waals surface area contributed by atoms with E-state index in [0.717, 1.165) is 17.5 Å². The summed E-state index contributed by atoms with van der Waals surface area (Å²) in [6, 6.07) is 9.99. The number of pyridine rings is 1. The van der Waals surface area contributed by atoms with Crippen LogP contribution in [0, 0.1) is 11.8 Å². The molecule has 0 spiro atoms. The van der Waals surface area contributed by atoms with Crippen molar-refractivity contribution in [3.63, 3.8) is 0 Å². The van der Waals surface area contributed by atoms with Crippen LogP contribution in [0.1, 0.15) is 24.6 Å². The van der Waals surface area contributed by atoms with Crippen LogP contribution in [0.3, 0.4) is 0 Å². The predicted octanol–water partition coefficient (Wildman–Crippen LogP) is 3.44. The lowest BCUT2D eigenvalue weighted by Crippen LogP contribution is -2.14. The second kappa shape index (κ2) is 14.2. The van der Waals surface area contributed by atoms with E-state index in [1.165, 1.54) is 12.7 Å². The number of nitrogens with zero attached hydrogens (tertiary/aromatic N) is 1. The SMILES string of the molecule is CCc1cccc(-c2cnc(C#CCOCCOCCC(=O)OC)c(NC(=O)CCl)c2)c1. The largest absolute Gasteiger partial charge is 0.469 e. The number of carbonyl (C=O) groups is 2. The lowest BCUT2D eigenvalue weighted by Gasteiger charge is -2.09. The van der Waals surface area contributed by atoms with Crippen LogP contribution in [0.2, 0.25) is 0 Å². The molecule has 1 N–H and O–H groups in total. The molecule has 8 heteroatoms. The number of hydrogen-bond donors (Lipinski definition) is 1. The number of nitrogens with one attached hydrogen (secondary N) is 1. The Bertz CT molecular complexity index is 968. The smallest absolute Gasteiger partial charge is 0.307 e. The van der Waals surface area contributed by atoms with Crippen LogP contribution < -0.4 is 5.32 Å². The maximum Gasteiger partial charge on any atom is 0.307 e. The molecule has 0 atom stereocenters. The van der Waals surface area contributed by atoms with Gasteiger partial charge in [-0.15, -0.1) is 11.6 Å². The Balaban J connectivity index is 1.98. The van der Waals surface area contributed by atoms with Gasteiger partial charge in [0.05, 0.1) is 39.0 Å². The first-order chi connectivity index (χ1) is 15.6. The molecule has 2 aromatic rings. The zero-order valence-corrected chi connectivity index (χ0v) is 19.0. The number of halogens is 1. The number of esters is 1. The Morgan fingerprint density at radius 1 is 1.12 bits per heavy atom. The summed E-state index contributed by atoms with van der Waals surface area (Å²) in [6.07, 6.45) is 2.86. The summed E-state index contributed by atoms with van der Waals surface area (Å²) in [4.78, 5) is 27.3. The van der Waals surface area contributed by atoms with Crippen LogP contribution in [0.25, 0.3) is 11.1 Å². The predicted molar refractivity (Wildman–Crippen MR) is 124 cm³/mol. The van der Waals surface area contributed by atoms with Gasteiger partial charge in [0.25, 0.3) is 0 Å². The van der Waals surface area contributed by atoms with Crippen molar-refractivity contribution in [2.75, 3.05) is 44.7 Å². The highest BCUT2D eigenvalue weighted by molar-refractivity contribution is 6.29. The second-order valence-corrected chi connectivity index (χ2v) is 6.92. The minimum atomic E-state index is -0.337. The van der Waals surface area contributed by atoms with Gasteiger partial charge in [-0.25, -0.2) is 4.98 Å². The maximum absolute atomic E-state index is 11.9. The summed E-state index contributed by atoms with van der Waals surface area (Å²) in [6.45, 7) is 3.23. The number of methoxy groups -OCH3 is 1. The van der Waals surface area contributed by atoms with Crippen molar-refractivity contribution in [2.45, 2.75) is 19.8 Å². The Hall–Kier alpha value is -2.92. The number of alkyl halides is 1. The zero-order chi connectivity index (χ0) is 23.2. The van der Waals surface area contributed by atoms with E-state index in [2.05, 4.69) is 45.9 Å². The van der Waals surface area contributed by atoms with E-state index in [1.807, 2.05) is 18.2 Å². The van der Waals surface area contributed by atoms with E-state index in [1.54, 1.807) is 6.20 Å². The van der Waals surface area contributed by atoms with Crippen LogP contribution in [0.15, 0.2) is 36.5 Å². The summed E-state index contributed by atoms with van der Waals surface area (Å²) in [7, 11) is 1.34. The first-order valence-corrected chi connectivity index (χ1v) is 10.8. The van der Waals surface area contributed by atoms with Gasteiger partial charge in [-0.2, -0.15) is 0 Å². The van der Waals surface area contributed by atoms with Crippen molar-refractivity contribution in [3.05, 3.63) is 47.8 Å². The standard InChI is InChI=1S/C24H27ClN2O5/c1-3-18-6-4-7-19(14-18)20-15-22(27-23(28)16-25)21(26-17-20)8-5-10-31-12-13-32-11-9-24(29)30-2/h4,6-7,14-15,17H,3,9-13,16H2,1-2H3,(H,27,28). The molecule has 1 amide bonds. The lowest BCUT2D eigenvalue weighted by atomic mass is 10.0. The van der Waals surface area contributed by atoms with Gasteiger partial charge in [-0.3, -0.25) is 9.59 Å². The highest BCUT2D eigenvalue weighted by Crippen LogP contribution is 2.25. The normalized spacial score (nSPS) is 10.2. The number of carbonyl (C=O) groups excluding carboxylic acids is 2. The van der Waals surface area contributed by atoms with Crippen molar-refractivity contribution in [1.82, 2.24) is 4.98 Å². The third kappa shape index (κ3) is 8.67. The van der Waals surface area contributed by atoms with Crippen LogP contribution in [-0.4, -0.2) is 56.3 Å². The minimum absolute atomic E-state index is 0.165. The van der Waals surface area contributed by atoms with E-state index in [4.69, 9.17) is 21.1 Å². The van der Waals surface area contributed by atoms with Crippen LogP contribution >= 0.6 is 11.6 Å². The van der Waals surface area contributed by atoms with E-state index in [9.17, 15) is 9.59 Å². The van der Waals surface area contributed by atoms with Crippen LogP contribution in [0.5, 0.6) is 0 Å². The number of rotatable bonds is 11. The van der Waals surface area contributed by atoms with Gasteiger partial charge < -0.3 is 19.5 Å². The van der Waals surface area contributed by atoms with Gasteiger partial charge in [0, 0.05) is 11.8 Å². The Morgan fingerprint density at radius 2 is 1.94 bits per heavy atom. The van der Waals surface area contributed by atoms with Crippen molar-refractivity contribution < 1.29 is 23.8 Å². The molecule has 0 radical (unpaired) electrons. The van der Waals surface area contributed by atoms with Crippen molar-refractivity contribution in [2.24, 2.45) is 0 Å². The summed E-state index contributed by atoms with van der Waals surface area (Å²) in [5, 5.41) is 2.75. The van der Waals surface area contributed by atoms with Crippen LogP contribution in [0.4, 0.5) is 5.69 Å². The summed E-state index contributed by atoms with van der Waals surface area (Å²) >= 11 is 5.65. The molecular weight excluding hydrogens is 432 g/mol. The highest BCUT2D eigenvalue weighted by atomic mass is 35.5. The fourth-order valence-electron chi connectivity index (χ4n) is 2.69. The molecule has 0 aliphatic carbocycles. The zero-order valence-electron chi connectivity index (χ0n) is 18.3. The lowest BCUT2D eigenvalue weighted by molar-refractivity contribution is -0.141. The molecular formula is C24H27ClN2O5. The van der Waals surface area contributed by atoms with Crippen LogP contribution in [-0.2, 0) is 30.2 Å². The van der Waals surface area contributed by atoms with Crippen molar-refractivity contribution >= 4 is 29.2 Å². The second-order valence-electron chi connectivity index (χ2n) is 6.65. The number of ether oxygens (including phenoxy) is 3. The Labute approximate surface area is 193 Å². The molecule has 32 heavy (non-hydrogen) atoms. The van der Waals surface area contributed by atoms with Gasteiger partial charge in [-0.1, -0.05) is 37.1 Å². The van der Waals surface area contributed by atoms with Gasteiger partial charge in [-0.05, 0) is 29.5 Å². The molecule has 0 saturated carbocycles. The highest BCUT2D eigenvalue weighted by Gasteiger charge is 2.09. The number of aryl methyl sites for hydroxylation is 1. The minimum Gasteiger partial charge on any atom is -0.469 e. The fraction of sp³-hybridized carbons (Fsp3) is 0.375. The number of amides is 1. The molecule has 0 aliphatic heterocycles. The molecule has 1 aromatic carbocycles. The molecule has 0 fully saturated rings. The van der Waals surface area contributed by atoms with E-state index >= 15 is 0 Å². The third-order valence-electron chi connectivity index (χ3n) is 4.38. The molecule has 0 saturated heterocycles. The molecule has 7 nitrogen and oxygen atoms in total. The summed E-state index contributed by atoms with van der Waals surface area (Å²) in [5.41, 5.74) is 4.01. The van der Waals surface area contributed by atoms with Gasteiger partial charge in [0.1, 0.15) is 18.2 Å². The van der Waals surface area contributed by atoms with Gasteiger partial charge in [0.15, 0.2) is 0 Å². The number of benzene rings is 1. The fourth-order valence-corrected chi connectivity index (χ4v) is 2.76. The Kier molecular flexibility index (Phi) is 11.2.